The Kier molecular flexibility index (Phi) is 3.61. The van der Waals surface area contributed by atoms with Gasteiger partial charge in [-0.3, -0.25) is 0 Å². The Labute approximate surface area is 78.3 Å². The molecule has 1 fully saturated rings. The van der Waals surface area contributed by atoms with Crippen LogP contribution in [0.2, 0.25) is 0 Å². The molecule has 0 amide bonds. The summed E-state index contributed by atoms with van der Waals surface area (Å²) >= 11 is 0. The van der Waals surface area contributed by atoms with Gasteiger partial charge in [-0.05, 0) is 19.8 Å². The summed E-state index contributed by atoms with van der Waals surface area (Å²) in [4.78, 5) is 13.3. The summed E-state index contributed by atoms with van der Waals surface area (Å²) in [6.45, 7) is 3.99. The van der Waals surface area contributed by atoms with Crippen molar-refractivity contribution in [3.63, 3.8) is 0 Å². The molecule has 4 nitrogen and oxygen atoms in total. The van der Waals surface area contributed by atoms with E-state index in [0.717, 1.165) is 25.9 Å². The molecule has 1 aliphatic rings. The van der Waals surface area contributed by atoms with Gasteiger partial charge in [0.05, 0.1) is 6.61 Å². The molecule has 74 valence electrons. The molecule has 0 unspecified atom stereocenters. The first-order chi connectivity index (χ1) is 6.29. The molecule has 0 atom stereocenters. The van der Waals surface area contributed by atoms with Gasteiger partial charge in [0, 0.05) is 19.3 Å². The average molecular weight is 184 g/mol. The first kappa shape index (κ1) is 9.89. The SMILES string of the molecule is CCOC(=O)C(=CN)N1CCCC1. The van der Waals surface area contributed by atoms with Crippen molar-refractivity contribution in [1.29, 1.82) is 0 Å². The lowest BCUT2D eigenvalue weighted by Gasteiger charge is -2.18. The van der Waals surface area contributed by atoms with Crippen LogP contribution in [-0.4, -0.2) is 30.6 Å². The van der Waals surface area contributed by atoms with Gasteiger partial charge >= 0.3 is 5.97 Å². The van der Waals surface area contributed by atoms with Crippen molar-refractivity contribution in [2.24, 2.45) is 5.73 Å². The minimum Gasteiger partial charge on any atom is -0.461 e. The van der Waals surface area contributed by atoms with Crippen LogP contribution in [0.3, 0.4) is 0 Å². The van der Waals surface area contributed by atoms with E-state index >= 15 is 0 Å². The normalized spacial score (nSPS) is 17.6. The maximum Gasteiger partial charge on any atom is 0.356 e. The topological polar surface area (TPSA) is 55.6 Å². The van der Waals surface area contributed by atoms with Crippen molar-refractivity contribution in [3.05, 3.63) is 11.9 Å². The fourth-order valence-electron chi connectivity index (χ4n) is 1.47. The maximum absolute atomic E-state index is 11.3. The first-order valence-electron chi connectivity index (χ1n) is 4.63. The highest BCUT2D eigenvalue weighted by Crippen LogP contribution is 2.14. The summed E-state index contributed by atoms with van der Waals surface area (Å²) in [5.74, 6) is -0.313. The lowest BCUT2D eigenvalue weighted by Crippen LogP contribution is -2.27. The number of likely N-dealkylation sites (tertiary alicyclic amines) is 1. The molecule has 1 aliphatic heterocycles. The summed E-state index contributed by atoms with van der Waals surface area (Å²) in [5.41, 5.74) is 5.88. The number of esters is 1. The van der Waals surface area contributed by atoms with E-state index in [2.05, 4.69) is 0 Å². The van der Waals surface area contributed by atoms with Gasteiger partial charge in [0.25, 0.3) is 0 Å². The highest BCUT2D eigenvalue weighted by molar-refractivity contribution is 5.87. The molecule has 0 spiro atoms. The molecule has 1 saturated heterocycles. The van der Waals surface area contributed by atoms with E-state index in [9.17, 15) is 4.79 Å². The molecular weight excluding hydrogens is 168 g/mol. The van der Waals surface area contributed by atoms with Gasteiger partial charge in [-0.25, -0.2) is 4.79 Å². The molecule has 4 heteroatoms. The fraction of sp³-hybridized carbons (Fsp3) is 0.667. The van der Waals surface area contributed by atoms with Crippen molar-refractivity contribution >= 4 is 5.97 Å². The van der Waals surface area contributed by atoms with E-state index in [0.29, 0.717) is 12.3 Å². The van der Waals surface area contributed by atoms with Crippen molar-refractivity contribution < 1.29 is 9.53 Å². The van der Waals surface area contributed by atoms with Crippen LogP contribution in [-0.2, 0) is 9.53 Å². The standard InChI is InChI=1S/C9H16N2O2/c1-2-13-9(12)8(7-10)11-5-3-4-6-11/h7H,2-6,10H2,1H3. The zero-order chi connectivity index (χ0) is 9.68. The third-order valence-electron chi connectivity index (χ3n) is 2.09. The molecular formula is C9H16N2O2. The molecule has 1 rings (SSSR count). The van der Waals surface area contributed by atoms with Crippen LogP contribution in [0.15, 0.2) is 11.9 Å². The number of nitrogens with zero attached hydrogens (tertiary/aromatic N) is 1. The smallest absolute Gasteiger partial charge is 0.356 e. The third kappa shape index (κ3) is 2.37. The maximum atomic E-state index is 11.3. The highest BCUT2D eigenvalue weighted by Gasteiger charge is 2.20. The van der Waals surface area contributed by atoms with Gasteiger partial charge < -0.3 is 15.4 Å². The van der Waals surface area contributed by atoms with Crippen molar-refractivity contribution in [2.75, 3.05) is 19.7 Å². The largest absolute Gasteiger partial charge is 0.461 e. The van der Waals surface area contributed by atoms with E-state index in [1.807, 2.05) is 4.90 Å². The predicted octanol–water partition coefficient (Wildman–Crippen LogP) is 0.445. The second kappa shape index (κ2) is 4.74. The summed E-state index contributed by atoms with van der Waals surface area (Å²) < 4.78 is 4.88. The molecule has 0 aromatic heterocycles. The highest BCUT2D eigenvalue weighted by atomic mass is 16.5. The van der Waals surface area contributed by atoms with Gasteiger partial charge in [-0.1, -0.05) is 0 Å². The van der Waals surface area contributed by atoms with E-state index in [1.165, 1.54) is 6.20 Å². The van der Waals surface area contributed by atoms with Crippen LogP contribution in [0.25, 0.3) is 0 Å². The van der Waals surface area contributed by atoms with Crippen LogP contribution in [0.5, 0.6) is 0 Å². The molecule has 0 saturated carbocycles. The lowest BCUT2D eigenvalue weighted by molar-refractivity contribution is -0.140. The number of carbonyl (C=O) groups is 1. The zero-order valence-electron chi connectivity index (χ0n) is 7.95. The number of rotatable bonds is 3. The van der Waals surface area contributed by atoms with Crippen molar-refractivity contribution in [3.8, 4) is 0 Å². The number of ether oxygens (including phenoxy) is 1. The van der Waals surface area contributed by atoms with E-state index < -0.39 is 0 Å². The minimum atomic E-state index is -0.313. The molecule has 0 aliphatic carbocycles. The van der Waals surface area contributed by atoms with Gasteiger partial charge in [0.2, 0.25) is 0 Å². The zero-order valence-corrected chi connectivity index (χ0v) is 7.95. The first-order valence-corrected chi connectivity index (χ1v) is 4.63. The Balaban J connectivity index is 2.56. The molecule has 0 bridgehead atoms. The molecule has 0 aromatic carbocycles. The molecule has 13 heavy (non-hydrogen) atoms. The van der Waals surface area contributed by atoms with Crippen LogP contribution < -0.4 is 5.73 Å². The predicted molar refractivity (Wildman–Crippen MR) is 49.7 cm³/mol. The summed E-state index contributed by atoms with van der Waals surface area (Å²) in [5, 5.41) is 0. The van der Waals surface area contributed by atoms with E-state index in [1.54, 1.807) is 6.92 Å². The number of carbonyl (C=O) groups excluding carboxylic acids is 1. The molecule has 2 N–H and O–H groups in total. The monoisotopic (exact) mass is 184 g/mol. The van der Waals surface area contributed by atoms with E-state index in [-0.39, 0.29) is 5.97 Å². The van der Waals surface area contributed by atoms with Crippen LogP contribution >= 0.6 is 0 Å². The van der Waals surface area contributed by atoms with Crippen LogP contribution in [0, 0.1) is 0 Å². The number of hydrogen-bond donors (Lipinski definition) is 1. The van der Waals surface area contributed by atoms with Crippen molar-refractivity contribution in [1.82, 2.24) is 4.90 Å². The van der Waals surface area contributed by atoms with Gasteiger partial charge in [-0.15, -0.1) is 0 Å². The van der Waals surface area contributed by atoms with Gasteiger partial charge in [0.15, 0.2) is 0 Å². The molecule has 1 heterocycles. The average Bonchev–Trinajstić information content (AvgIpc) is 2.59. The Morgan fingerprint density at radius 3 is 2.62 bits per heavy atom. The molecule has 0 radical (unpaired) electrons. The Morgan fingerprint density at radius 1 is 1.54 bits per heavy atom. The molecule has 0 aromatic rings. The Bertz CT molecular complexity index is 208. The van der Waals surface area contributed by atoms with Gasteiger partial charge in [0.1, 0.15) is 5.70 Å². The minimum absolute atomic E-state index is 0.313. The fourth-order valence-corrected chi connectivity index (χ4v) is 1.47. The second-order valence-electron chi connectivity index (χ2n) is 2.97. The second-order valence-corrected chi connectivity index (χ2v) is 2.97. The third-order valence-corrected chi connectivity index (χ3v) is 2.09. The number of hydrogen-bond acceptors (Lipinski definition) is 4. The number of nitrogens with two attached hydrogens (primary N) is 1. The Morgan fingerprint density at radius 2 is 2.15 bits per heavy atom. The van der Waals surface area contributed by atoms with Crippen LogP contribution in [0.1, 0.15) is 19.8 Å². The summed E-state index contributed by atoms with van der Waals surface area (Å²) in [6, 6.07) is 0. The van der Waals surface area contributed by atoms with Gasteiger partial charge in [-0.2, -0.15) is 0 Å². The summed E-state index contributed by atoms with van der Waals surface area (Å²) in [7, 11) is 0. The van der Waals surface area contributed by atoms with Crippen molar-refractivity contribution in [2.45, 2.75) is 19.8 Å². The van der Waals surface area contributed by atoms with Crippen LogP contribution in [0.4, 0.5) is 0 Å². The Hall–Kier alpha value is -1.19. The quantitative estimate of drug-likeness (QED) is 0.511. The summed E-state index contributed by atoms with van der Waals surface area (Å²) in [6.07, 6.45) is 3.58. The van der Waals surface area contributed by atoms with E-state index in [4.69, 9.17) is 10.5 Å². The lowest BCUT2D eigenvalue weighted by atomic mass is 10.4.